The molecule has 1 aromatic heterocycles. The first kappa shape index (κ1) is 14.8. The Hall–Kier alpha value is -1.30. The summed E-state index contributed by atoms with van der Waals surface area (Å²) in [6.07, 6.45) is 4.79. The summed E-state index contributed by atoms with van der Waals surface area (Å²) in [5.41, 5.74) is 0.152. The molecule has 1 rings (SSSR count). The van der Waals surface area contributed by atoms with Crippen molar-refractivity contribution in [1.82, 2.24) is 9.97 Å². The molecule has 5 nitrogen and oxygen atoms in total. The zero-order valence-corrected chi connectivity index (χ0v) is 11.9. The van der Waals surface area contributed by atoms with E-state index in [2.05, 4.69) is 42.3 Å². The summed E-state index contributed by atoms with van der Waals surface area (Å²) in [5.74, 6) is -0.464. The number of nitrogens with one attached hydrogen (secondary N) is 1. The summed E-state index contributed by atoms with van der Waals surface area (Å²) in [6, 6.07) is 0. The predicted molar refractivity (Wildman–Crippen MR) is 74.2 cm³/mol. The lowest BCUT2D eigenvalue weighted by Crippen LogP contribution is -2.30. The van der Waals surface area contributed by atoms with E-state index in [0.29, 0.717) is 11.1 Å². The van der Waals surface area contributed by atoms with Gasteiger partial charge in [0.2, 0.25) is 0 Å². The Morgan fingerprint density at radius 1 is 1.44 bits per heavy atom. The molecule has 0 bridgehead atoms. The third-order valence-corrected chi connectivity index (χ3v) is 4.03. The average molecular weight is 269 g/mol. The van der Waals surface area contributed by atoms with Crippen LogP contribution >= 0.6 is 11.8 Å². The summed E-state index contributed by atoms with van der Waals surface area (Å²) in [6.45, 7) is 7.34. The Labute approximate surface area is 111 Å². The second-order valence-corrected chi connectivity index (χ2v) is 6.10. The van der Waals surface area contributed by atoms with Crippen LogP contribution in [-0.4, -0.2) is 39.1 Å². The highest BCUT2D eigenvalue weighted by atomic mass is 32.2. The maximum atomic E-state index is 10.6. The van der Waals surface area contributed by atoms with Gasteiger partial charge in [-0.1, -0.05) is 20.8 Å². The van der Waals surface area contributed by atoms with Crippen LogP contribution in [0.1, 0.15) is 31.3 Å². The number of carboxylic acid groups (broad SMARTS) is 1. The fourth-order valence-corrected chi connectivity index (χ4v) is 2.43. The van der Waals surface area contributed by atoms with Crippen LogP contribution < -0.4 is 5.32 Å². The number of thioether (sulfide) groups is 1. The number of carbonyl (C=O) groups is 1. The van der Waals surface area contributed by atoms with Gasteiger partial charge in [0, 0.05) is 11.8 Å². The van der Waals surface area contributed by atoms with Crippen molar-refractivity contribution < 1.29 is 9.90 Å². The minimum Gasteiger partial charge on any atom is -0.476 e. The predicted octanol–water partition coefficient (Wildman–Crippen LogP) is 2.36. The minimum absolute atomic E-state index is 0.0437. The van der Waals surface area contributed by atoms with Crippen LogP contribution in [0.15, 0.2) is 12.4 Å². The van der Waals surface area contributed by atoms with Crippen LogP contribution in [0.2, 0.25) is 0 Å². The van der Waals surface area contributed by atoms with Gasteiger partial charge in [-0.3, -0.25) is 0 Å². The van der Waals surface area contributed by atoms with E-state index in [9.17, 15) is 4.79 Å². The van der Waals surface area contributed by atoms with Gasteiger partial charge < -0.3 is 10.4 Å². The Morgan fingerprint density at radius 3 is 2.50 bits per heavy atom. The molecular formula is C12H19N3O2S. The van der Waals surface area contributed by atoms with Gasteiger partial charge in [-0.2, -0.15) is 11.8 Å². The zero-order valence-electron chi connectivity index (χ0n) is 11.1. The largest absolute Gasteiger partial charge is 0.476 e. The third-order valence-electron chi connectivity index (χ3n) is 2.59. The molecule has 2 N–H and O–H groups in total. The molecule has 1 unspecified atom stereocenters. The molecule has 0 spiro atoms. The van der Waals surface area contributed by atoms with Gasteiger partial charge in [-0.25, -0.2) is 14.8 Å². The number of hydrogen-bond acceptors (Lipinski definition) is 5. The van der Waals surface area contributed by atoms with Crippen molar-refractivity contribution in [3.63, 3.8) is 0 Å². The van der Waals surface area contributed by atoms with Crippen molar-refractivity contribution in [2.75, 3.05) is 18.1 Å². The Kier molecular flexibility index (Phi) is 4.95. The van der Waals surface area contributed by atoms with E-state index < -0.39 is 5.97 Å². The first-order valence-corrected chi connectivity index (χ1v) is 6.95. The monoisotopic (exact) mass is 269 g/mol. The van der Waals surface area contributed by atoms with Crippen LogP contribution in [0.5, 0.6) is 0 Å². The highest BCUT2D eigenvalue weighted by Gasteiger charge is 2.23. The molecule has 0 amide bonds. The maximum Gasteiger partial charge on any atom is 0.356 e. The number of hydrogen-bond donors (Lipinski definition) is 2. The van der Waals surface area contributed by atoms with Crippen LogP contribution in [0, 0.1) is 5.41 Å². The number of rotatable bonds is 5. The molecule has 0 fully saturated rings. The van der Waals surface area contributed by atoms with Gasteiger partial charge >= 0.3 is 5.97 Å². The quantitative estimate of drug-likeness (QED) is 0.854. The molecule has 18 heavy (non-hydrogen) atoms. The van der Waals surface area contributed by atoms with Gasteiger partial charge in [0.15, 0.2) is 5.69 Å². The molecule has 0 aliphatic carbocycles. The third kappa shape index (κ3) is 4.18. The van der Waals surface area contributed by atoms with Crippen molar-refractivity contribution >= 4 is 23.5 Å². The summed E-state index contributed by atoms with van der Waals surface area (Å²) in [7, 11) is 0. The van der Waals surface area contributed by atoms with Gasteiger partial charge in [-0.05, 0) is 11.7 Å². The SMILES string of the molecule is CSC(CNc1cnc(C(=O)O)cn1)C(C)(C)C. The standard InChI is InChI=1S/C12H19N3O2S/c1-12(2,3)9(18-4)6-15-10-7-13-8(5-14-10)11(16)17/h5,7,9H,6H2,1-4H3,(H,14,15)(H,16,17). The maximum absolute atomic E-state index is 10.6. The fraction of sp³-hybridized carbons (Fsp3) is 0.583. The number of nitrogens with zero attached hydrogens (tertiary/aromatic N) is 2. The van der Waals surface area contributed by atoms with E-state index in [-0.39, 0.29) is 11.1 Å². The molecule has 0 aromatic carbocycles. The normalized spacial score (nSPS) is 13.1. The second-order valence-electron chi connectivity index (χ2n) is 5.06. The minimum atomic E-state index is -1.06. The number of anilines is 1. The Bertz CT molecular complexity index is 401. The molecule has 1 heterocycles. The molecule has 0 radical (unpaired) electrons. The highest BCUT2D eigenvalue weighted by Crippen LogP contribution is 2.28. The van der Waals surface area contributed by atoms with Gasteiger partial charge in [0.05, 0.1) is 12.4 Å². The Morgan fingerprint density at radius 2 is 2.11 bits per heavy atom. The molecule has 100 valence electrons. The van der Waals surface area contributed by atoms with Gasteiger partial charge in [0.1, 0.15) is 5.82 Å². The van der Waals surface area contributed by atoms with E-state index in [4.69, 9.17) is 5.11 Å². The molecule has 6 heteroatoms. The number of aromatic carboxylic acids is 1. The summed E-state index contributed by atoms with van der Waals surface area (Å²) < 4.78 is 0. The van der Waals surface area contributed by atoms with Crippen LogP contribution in [-0.2, 0) is 0 Å². The molecular weight excluding hydrogens is 250 g/mol. The molecule has 0 aliphatic rings. The molecule has 0 aliphatic heterocycles. The van der Waals surface area contributed by atoms with Crippen LogP contribution in [0.3, 0.4) is 0 Å². The van der Waals surface area contributed by atoms with E-state index in [1.54, 1.807) is 11.8 Å². The fourth-order valence-electron chi connectivity index (χ4n) is 1.47. The average Bonchev–Trinajstić information content (AvgIpc) is 2.28. The molecule has 1 aromatic rings. The van der Waals surface area contributed by atoms with Crippen molar-refractivity contribution in [2.45, 2.75) is 26.0 Å². The van der Waals surface area contributed by atoms with Crippen LogP contribution in [0.4, 0.5) is 5.82 Å². The zero-order chi connectivity index (χ0) is 13.8. The lowest BCUT2D eigenvalue weighted by atomic mass is 9.91. The summed E-state index contributed by atoms with van der Waals surface area (Å²) in [5, 5.41) is 12.3. The smallest absolute Gasteiger partial charge is 0.356 e. The molecule has 1 atom stereocenters. The second kappa shape index (κ2) is 6.04. The van der Waals surface area contributed by atoms with Gasteiger partial charge in [-0.15, -0.1) is 0 Å². The van der Waals surface area contributed by atoms with Crippen molar-refractivity contribution in [2.24, 2.45) is 5.41 Å². The van der Waals surface area contributed by atoms with Crippen LogP contribution in [0.25, 0.3) is 0 Å². The van der Waals surface area contributed by atoms with E-state index in [1.165, 1.54) is 12.4 Å². The van der Waals surface area contributed by atoms with E-state index in [0.717, 1.165) is 6.54 Å². The lowest BCUT2D eigenvalue weighted by Gasteiger charge is -2.29. The van der Waals surface area contributed by atoms with E-state index >= 15 is 0 Å². The highest BCUT2D eigenvalue weighted by molar-refractivity contribution is 7.99. The van der Waals surface area contributed by atoms with E-state index in [1.807, 2.05) is 0 Å². The summed E-state index contributed by atoms with van der Waals surface area (Å²) in [4.78, 5) is 18.5. The first-order valence-electron chi connectivity index (χ1n) is 5.66. The lowest BCUT2D eigenvalue weighted by molar-refractivity contribution is 0.0690. The van der Waals surface area contributed by atoms with Gasteiger partial charge in [0.25, 0.3) is 0 Å². The topological polar surface area (TPSA) is 75.1 Å². The number of carboxylic acids is 1. The number of aromatic nitrogens is 2. The first-order chi connectivity index (χ1) is 8.34. The molecule has 0 saturated heterocycles. The summed E-state index contributed by atoms with van der Waals surface area (Å²) >= 11 is 1.80. The van der Waals surface area contributed by atoms with Crippen molar-refractivity contribution in [3.05, 3.63) is 18.1 Å². The van der Waals surface area contributed by atoms with Crippen molar-refractivity contribution in [1.29, 1.82) is 0 Å². The molecule has 0 saturated carbocycles. The Balaban J connectivity index is 2.60. The van der Waals surface area contributed by atoms with Crippen molar-refractivity contribution in [3.8, 4) is 0 Å².